The van der Waals surface area contributed by atoms with E-state index in [1.54, 1.807) is 18.2 Å². The number of nitrogens with zero attached hydrogens (tertiary/aromatic N) is 2. The number of rotatable bonds is 9. The van der Waals surface area contributed by atoms with E-state index in [1.165, 1.54) is 12.1 Å². The summed E-state index contributed by atoms with van der Waals surface area (Å²) in [6, 6.07) is 42.6. The SMILES string of the molecule is CN(CC1Cc2cc(-c3ccccc3)cc(-c3cccc(F)c3)c2O1)N(C)CC1Cc2cc(-c3ccccc3)cc(-c3ccccc3F)c2O1. The monoisotopic (exact) mass is 664 g/mol. The number of halogens is 2. The predicted octanol–water partition coefficient (Wildman–Crippen LogP) is 9.72. The van der Waals surface area contributed by atoms with Gasteiger partial charge < -0.3 is 9.47 Å². The van der Waals surface area contributed by atoms with Gasteiger partial charge in [-0.3, -0.25) is 0 Å². The lowest BCUT2D eigenvalue weighted by Gasteiger charge is -2.31. The maximum atomic E-state index is 15.1. The fraction of sp³-hybridized carbons (Fsp3) is 0.182. The lowest BCUT2D eigenvalue weighted by atomic mass is 9.94. The number of ether oxygens (including phenoxy) is 2. The number of hydrogen-bond acceptors (Lipinski definition) is 4. The van der Waals surface area contributed by atoms with Crippen molar-refractivity contribution in [2.45, 2.75) is 25.0 Å². The highest BCUT2D eigenvalue weighted by Gasteiger charge is 2.32. The third-order valence-electron chi connectivity index (χ3n) is 9.83. The van der Waals surface area contributed by atoms with Gasteiger partial charge in [0.05, 0.1) is 13.1 Å². The molecule has 2 unspecified atom stereocenters. The van der Waals surface area contributed by atoms with E-state index in [0.717, 1.165) is 74.4 Å². The number of hydrogen-bond donors (Lipinski definition) is 0. The van der Waals surface area contributed by atoms with E-state index < -0.39 is 0 Å². The molecule has 0 aromatic heterocycles. The van der Waals surface area contributed by atoms with Crippen LogP contribution < -0.4 is 9.47 Å². The summed E-state index contributed by atoms with van der Waals surface area (Å²) in [5.41, 5.74) is 9.55. The van der Waals surface area contributed by atoms with Gasteiger partial charge in [0, 0.05) is 43.6 Å². The minimum absolute atomic E-state index is 0.0847. The summed E-state index contributed by atoms with van der Waals surface area (Å²) in [4.78, 5) is 0. The van der Waals surface area contributed by atoms with Crippen LogP contribution in [0.25, 0.3) is 44.5 Å². The second kappa shape index (κ2) is 13.5. The van der Waals surface area contributed by atoms with Crippen LogP contribution >= 0.6 is 0 Å². The standard InChI is InChI=1S/C44H38F2N2O2/c1-47(27-37-23-34-20-32(29-12-5-3-6-13-29)25-40(43(34)49-37)31-16-11-17-36(45)22-31)48(2)28-38-24-35-21-33(30-14-7-4-8-15-30)26-41(44(35)50-38)39-18-9-10-19-42(39)46/h3-22,25-26,37-38H,23-24,27-28H2,1-2H3. The van der Waals surface area contributed by atoms with Gasteiger partial charge in [0.15, 0.2) is 0 Å². The quantitative estimate of drug-likeness (QED) is 0.144. The van der Waals surface area contributed by atoms with Crippen LogP contribution in [0, 0.1) is 11.6 Å². The van der Waals surface area contributed by atoms with Crippen LogP contribution in [0.5, 0.6) is 11.5 Å². The van der Waals surface area contributed by atoms with Crippen LogP contribution in [0.1, 0.15) is 11.1 Å². The minimum Gasteiger partial charge on any atom is -0.488 e. The van der Waals surface area contributed by atoms with Crippen molar-refractivity contribution < 1.29 is 18.3 Å². The number of hydrazine groups is 1. The Bertz CT molecular complexity index is 2150. The first-order valence-corrected chi connectivity index (χ1v) is 17.1. The summed E-state index contributed by atoms with van der Waals surface area (Å²) in [5, 5.41) is 4.35. The lowest BCUT2D eigenvalue weighted by Crippen LogP contribution is -2.46. The lowest BCUT2D eigenvalue weighted by molar-refractivity contribution is -0.0221. The Morgan fingerprint density at radius 1 is 0.500 bits per heavy atom. The van der Waals surface area contributed by atoms with Crippen molar-refractivity contribution in [2.75, 3.05) is 27.2 Å². The molecule has 4 nitrogen and oxygen atoms in total. The fourth-order valence-electron chi connectivity index (χ4n) is 7.28. The normalized spacial score (nSPS) is 16.3. The van der Waals surface area contributed by atoms with Crippen molar-refractivity contribution in [3.63, 3.8) is 0 Å². The van der Waals surface area contributed by atoms with Crippen molar-refractivity contribution in [1.29, 1.82) is 0 Å². The second-order valence-corrected chi connectivity index (χ2v) is 13.3. The third kappa shape index (κ3) is 6.40. The van der Waals surface area contributed by atoms with Gasteiger partial charge >= 0.3 is 0 Å². The first-order valence-electron chi connectivity index (χ1n) is 17.1. The van der Waals surface area contributed by atoms with E-state index in [4.69, 9.17) is 9.47 Å². The van der Waals surface area contributed by atoms with Crippen LogP contribution in [0.2, 0.25) is 0 Å². The Kier molecular flexibility index (Phi) is 8.65. The summed E-state index contributed by atoms with van der Waals surface area (Å²) < 4.78 is 42.7. The molecule has 8 rings (SSSR count). The van der Waals surface area contributed by atoms with Gasteiger partial charge in [0.25, 0.3) is 0 Å². The van der Waals surface area contributed by atoms with Crippen molar-refractivity contribution in [3.8, 4) is 56.0 Å². The fourth-order valence-corrected chi connectivity index (χ4v) is 7.28. The predicted molar refractivity (Wildman–Crippen MR) is 196 cm³/mol. The first kappa shape index (κ1) is 31.9. The van der Waals surface area contributed by atoms with E-state index in [9.17, 15) is 4.39 Å². The average Bonchev–Trinajstić information content (AvgIpc) is 3.75. The highest BCUT2D eigenvalue weighted by molar-refractivity contribution is 5.81. The van der Waals surface area contributed by atoms with Gasteiger partial charge in [-0.15, -0.1) is 0 Å². The summed E-state index contributed by atoms with van der Waals surface area (Å²) >= 11 is 0. The molecule has 50 heavy (non-hydrogen) atoms. The third-order valence-corrected chi connectivity index (χ3v) is 9.83. The van der Waals surface area contributed by atoms with Gasteiger partial charge in [-0.25, -0.2) is 18.8 Å². The molecule has 2 atom stereocenters. The van der Waals surface area contributed by atoms with Crippen LogP contribution in [0.15, 0.2) is 133 Å². The minimum atomic E-state index is -0.272. The number of benzene rings is 6. The molecular weight excluding hydrogens is 626 g/mol. The van der Waals surface area contributed by atoms with Crippen molar-refractivity contribution >= 4 is 0 Å². The smallest absolute Gasteiger partial charge is 0.131 e. The zero-order chi connectivity index (χ0) is 34.2. The van der Waals surface area contributed by atoms with Crippen molar-refractivity contribution in [2.24, 2.45) is 0 Å². The Balaban J connectivity index is 0.999. The largest absolute Gasteiger partial charge is 0.488 e. The van der Waals surface area contributed by atoms with Gasteiger partial charge in [-0.05, 0) is 81.4 Å². The Morgan fingerprint density at radius 2 is 1.00 bits per heavy atom. The summed E-state index contributed by atoms with van der Waals surface area (Å²) in [5.74, 6) is 1.04. The molecule has 6 aromatic rings. The van der Waals surface area contributed by atoms with Crippen LogP contribution in [-0.4, -0.2) is 49.4 Å². The topological polar surface area (TPSA) is 24.9 Å². The van der Waals surface area contributed by atoms with E-state index in [-0.39, 0.29) is 23.8 Å². The highest BCUT2D eigenvalue weighted by Crippen LogP contribution is 2.44. The van der Waals surface area contributed by atoms with Crippen molar-refractivity contribution in [1.82, 2.24) is 10.0 Å². The number of likely N-dealkylation sites (N-methyl/N-ethyl adjacent to an activating group) is 2. The van der Waals surface area contributed by atoms with Gasteiger partial charge in [0.1, 0.15) is 35.3 Å². The van der Waals surface area contributed by atoms with Crippen LogP contribution in [0.4, 0.5) is 8.78 Å². The Hall–Kier alpha value is -5.30. The van der Waals surface area contributed by atoms with Gasteiger partial charge in [-0.1, -0.05) is 91.0 Å². The molecule has 0 saturated carbocycles. The molecule has 0 fully saturated rings. The molecule has 6 aromatic carbocycles. The zero-order valence-electron chi connectivity index (χ0n) is 28.2. The molecule has 0 radical (unpaired) electrons. The van der Waals surface area contributed by atoms with Gasteiger partial charge in [0.2, 0.25) is 0 Å². The van der Waals surface area contributed by atoms with Crippen LogP contribution in [-0.2, 0) is 12.8 Å². The molecule has 250 valence electrons. The second-order valence-electron chi connectivity index (χ2n) is 13.3. The van der Waals surface area contributed by atoms with Crippen LogP contribution in [0.3, 0.4) is 0 Å². The molecule has 0 saturated heterocycles. The summed E-state index contributed by atoms with van der Waals surface area (Å²) in [6.45, 7) is 1.31. The van der Waals surface area contributed by atoms with Crippen molar-refractivity contribution in [3.05, 3.63) is 156 Å². The van der Waals surface area contributed by atoms with E-state index in [1.807, 2.05) is 60.7 Å². The molecule has 2 aliphatic heterocycles. The number of fused-ring (bicyclic) bond motifs is 2. The zero-order valence-corrected chi connectivity index (χ0v) is 28.2. The molecule has 6 heteroatoms. The maximum Gasteiger partial charge on any atom is 0.131 e. The van der Waals surface area contributed by atoms with E-state index >= 15 is 4.39 Å². The molecule has 0 spiro atoms. The molecule has 2 aliphatic rings. The Labute approximate surface area is 292 Å². The van der Waals surface area contributed by atoms with E-state index in [2.05, 4.69) is 66.6 Å². The average molecular weight is 665 g/mol. The summed E-state index contributed by atoms with van der Waals surface area (Å²) in [6.07, 6.45) is 1.28. The molecule has 2 heterocycles. The molecule has 0 amide bonds. The molecule has 0 aliphatic carbocycles. The maximum absolute atomic E-state index is 15.1. The van der Waals surface area contributed by atoms with E-state index in [0.29, 0.717) is 18.7 Å². The Morgan fingerprint density at radius 3 is 1.56 bits per heavy atom. The van der Waals surface area contributed by atoms with Gasteiger partial charge in [-0.2, -0.15) is 0 Å². The first-order chi connectivity index (χ1) is 24.4. The highest BCUT2D eigenvalue weighted by atomic mass is 19.1. The summed E-state index contributed by atoms with van der Waals surface area (Å²) in [7, 11) is 4.13. The molecular formula is C44H38F2N2O2. The molecule has 0 bridgehead atoms. The molecule has 0 N–H and O–H groups in total.